The van der Waals surface area contributed by atoms with Gasteiger partial charge in [0.1, 0.15) is 0 Å². The van der Waals surface area contributed by atoms with Crippen LogP contribution in [-0.2, 0) is 11.2 Å². The summed E-state index contributed by atoms with van der Waals surface area (Å²) >= 11 is 2.17. The number of benzene rings is 2. The van der Waals surface area contributed by atoms with Crippen molar-refractivity contribution < 1.29 is 9.59 Å². The number of carbonyl (C=O) groups excluding carboxylic acids is 2. The first-order valence-electron chi connectivity index (χ1n) is 6.82. The number of amides is 2. The van der Waals surface area contributed by atoms with Crippen molar-refractivity contribution in [2.24, 2.45) is 0 Å². The van der Waals surface area contributed by atoms with Crippen molar-refractivity contribution in [3.63, 3.8) is 0 Å². The standard InChI is InChI=1S/C17H17IN2O2/c1-20(2)16(21)10-12-6-8-15(9-7-12)19-17(22)13-4-3-5-14(18)11-13/h3-9,11H,10H2,1-2H3,(H,19,22). The van der Waals surface area contributed by atoms with E-state index in [2.05, 4.69) is 27.9 Å². The van der Waals surface area contributed by atoms with Crippen LogP contribution in [0.5, 0.6) is 0 Å². The molecule has 0 radical (unpaired) electrons. The van der Waals surface area contributed by atoms with E-state index < -0.39 is 0 Å². The number of hydrogen-bond donors (Lipinski definition) is 1. The van der Waals surface area contributed by atoms with E-state index in [0.717, 1.165) is 9.13 Å². The largest absolute Gasteiger partial charge is 0.349 e. The fourth-order valence-electron chi connectivity index (χ4n) is 1.87. The van der Waals surface area contributed by atoms with Crippen LogP contribution in [0.15, 0.2) is 48.5 Å². The summed E-state index contributed by atoms with van der Waals surface area (Å²) in [6, 6.07) is 14.7. The number of nitrogens with one attached hydrogen (secondary N) is 1. The molecule has 2 rings (SSSR count). The van der Waals surface area contributed by atoms with Crippen molar-refractivity contribution in [3.05, 3.63) is 63.2 Å². The molecule has 5 heteroatoms. The Morgan fingerprint density at radius 2 is 1.77 bits per heavy atom. The van der Waals surface area contributed by atoms with Crippen LogP contribution in [0, 0.1) is 3.57 Å². The Morgan fingerprint density at radius 1 is 1.09 bits per heavy atom. The average Bonchev–Trinajstić information content (AvgIpc) is 2.49. The lowest BCUT2D eigenvalue weighted by atomic mass is 10.1. The molecule has 2 aromatic carbocycles. The van der Waals surface area contributed by atoms with Crippen molar-refractivity contribution in [2.45, 2.75) is 6.42 Å². The maximum atomic E-state index is 12.1. The molecule has 114 valence electrons. The van der Waals surface area contributed by atoms with E-state index in [0.29, 0.717) is 17.7 Å². The van der Waals surface area contributed by atoms with E-state index in [1.807, 2.05) is 42.5 Å². The first-order valence-corrected chi connectivity index (χ1v) is 7.89. The smallest absolute Gasteiger partial charge is 0.255 e. The molecule has 0 atom stereocenters. The zero-order valence-electron chi connectivity index (χ0n) is 12.5. The third-order valence-electron chi connectivity index (χ3n) is 3.15. The molecule has 0 saturated carbocycles. The highest BCUT2D eigenvalue weighted by Gasteiger charge is 2.08. The van der Waals surface area contributed by atoms with Gasteiger partial charge in [-0.1, -0.05) is 18.2 Å². The number of likely N-dealkylation sites (N-methyl/N-ethyl adjacent to an activating group) is 1. The fourth-order valence-corrected chi connectivity index (χ4v) is 2.41. The van der Waals surface area contributed by atoms with E-state index in [9.17, 15) is 9.59 Å². The first kappa shape index (κ1) is 16.5. The number of carbonyl (C=O) groups is 2. The second-order valence-corrected chi connectivity index (χ2v) is 6.37. The number of rotatable bonds is 4. The van der Waals surface area contributed by atoms with E-state index in [1.54, 1.807) is 25.1 Å². The van der Waals surface area contributed by atoms with Gasteiger partial charge in [0.2, 0.25) is 5.91 Å². The van der Waals surface area contributed by atoms with Crippen LogP contribution in [0.1, 0.15) is 15.9 Å². The van der Waals surface area contributed by atoms with Gasteiger partial charge < -0.3 is 10.2 Å². The van der Waals surface area contributed by atoms with Crippen LogP contribution in [0.2, 0.25) is 0 Å². The van der Waals surface area contributed by atoms with Crippen molar-refractivity contribution in [1.82, 2.24) is 4.90 Å². The molecule has 1 N–H and O–H groups in total. The number of anilines is 1. The zero-order chi connectivity index (χ0) is 16.1. The molecule has 4 nitrogen and oxygen atoms in total. The van der Waals surface area contributed by atoms with E-state index in [1.165, 1.54) is 0 Å². The topological polar surface area (TPSA) is 49.4 Å². The Hall–Kier alpha value is -1.89. The zero-order valence-corrected chi connectivity index (χ0v) is 14.6. The first-order chi connectivity index (χ1) is 10.5. The summed E-state index contributed by atoms with van der Waals surface area (Å²) in [4.78, 5) is 25.4. The molecule has 0 aromatic heterocycles. The molecule has 22 heavy (non-hydrogen) atoms. The second-order valence-electron chi connectivity index (χ2n) is 5.13. The lowest BCUT2D eigenvalue weighted by Gasteiger charge is -2.10. The highest BCUT2D eigenvalue weighted by Crippen LogP contribution is 2.14. The minimum absolute atomic E-state index is 0.0515. The maximum absolute atomic E-state index is 12.1. The van der Waals surface area contributed by atoms with Gasteiger partial charge in [-0.3, -0.25) is 9.59 Å². The molecular weight excluding hydrogens is 391 g/mol. The molecule has 0 unspecified atom stereocenters. The van der Waals surface area contributed by atoms with Gasteiger partial charge in [-0.2, -0.15) is 0 Å². The van der Waals surface area contributed by atoms with E-state index >= 15 is 0 Å². The van der Waals surface area contributed by atoms with Gasteiger partial charge in [0, 0.05) is 28.9 Å². The molecule has 2 amide bonds. The molecule has 0 bridgehead atoms. The molecule has 0 spiro atoms. The molecule has 0 fully saturated rings. The molecule has 0 aliphatic carbocycles. The van der Waals surface area contributed by atoms with Crippen LogP contribution in [-0.4, -0.2) is 30.8 Å². The van der Waals surface area contributed by atoms with Gasteiger partial charge >= 0.3 is 0 Å². The van der Waals surface area contributed by atoms with E-state index in [4.69, 9.17) is 0 Å². The minimum Gasteiger partial charge on any atom is -0.349 e. The molecule has 0 saturated heterocycles. The maximum Gasteiger partial charge on any atom is 0.255 e. The van der Waals surface area contributed by atoms with Gasteiger partial charge in [0.15, 0.2) is 0 Å². The predicted molar refractivity (Wildman–Crippen MR) is 96.0 cm³/mol. The quantitative estimate of drug-likeness (QED) is 0.791. The summed E-state index contributed by atoms with van der Waals surface area (Å²) < 4.78 is 1.02. The summed E-state index contributed by atoms with van der Waals surface area (Å²) in [5, 5.41) is 2.85. The average molecular weight is 408 g/mol. The summed E-state index contributed by atoms with van der Waals surface area (Å²) in [6.07, 6.45) is 0.359. The Morgan fingerprint density at radius 3 is 2.36 bits per heavy atom. The second kappa shape index (κ2) is 7.40. The van der Waals surface area contributed by atoms with Crippen LogP contribution in [0.3, 0.4) is 0 Å². The SMILES string of the molecule is CN(C)C(=O)Cc1ccc(NC(=O)c2cccc(I)c2)cc1. The fraction of sp³-hybridized carbons (Fsp3) is 0.176. The molecular formula is C17H17IN2O2. The number of halogens is 1. The van der Waals surface area contributed by atoms with Crippen molar-refractivity contribution >= 4 is 40.1 Å². The molecule has 2 aromatic rings. The van der Waals surface area contributed by atoms with Crippen LogP contribution < -0.4 is 5.32 Å². The van der Waals surface area contributed by atoms with Crippen molar-refractivity contribution in [3.8, 4) is 0 Å². The third-order valence-corrected chi connectivity index (χ3v) is 3.82. The normalized spacial score (nSPS) is 10.1. The van der Waals surface area contributed by atoms with Gasteiger partial charge in [0.05, 0.1) is 6.42 Å². The van der Waals surface area contributed by atoms with Crippen molar-refractivity contribution in [2.75, 3.05) is 19.4 Å². The van der Waals surface area contributed by atoms with Crippen molar-refractivity contribution in [1.29, 1.82) is 0 Å². The van der Waals surface area contributed by atoms with Crippen LogP contribution >= 0.6 is 22.6 Å². The summed E-state index contributed by atoms with van der Waals surface area (Å²) in [5.74, 6) is -0.0914. The minimum atomic E-state index is -0.143. The number of hydrogen-bond acceptors (Lipinski definition) is 2. The number of nitrogens with zero attached hydrogens (tertiary/aromatic N) is 1. The molecule has 0 aliphatic rings. The van der Waals surface area contributed by atoms with Gasteiger partial charge in [-0.25, -0.2) is 0 Å². The Labute approximate surface area is 143 Å². The predicted octanol–water partition coefficient (Wildman–Crippen LogP) is 3.17. The monoisotopic (exact) mass is 408 g/mol. The highest BCUT2D eigenvalue weighted by atomic mass is 127. The van der Waals surface area contributed by atoms with Gasteiger partial charge in [-0.05, 0) is 58.5 Å². The Balaban J connectivity index is 2.02. The summed E-state index contributed by atoms with van der Waals surface area (Å²) in [5.41, 5.74) is 2.26. The molecule has 0 aliphatic heterocycles. The van der Waals surface area contributed by atoms with Crippen LogP contribution in [0.4, 0.5) is 5.69 Å². The Kier molecular flexibility index (Phi) is 5.54. The van der Waals surface area contributed by atoms with Gasteiger partial charge in [-0.15, -0.1) is 0 Å². The summed E-state index contributed by atoms with van der Waals surface area (Å²) in [6.45, 7) is 0. The highest BCUT2D eigenvalue weighted by molar-refractivity contribution is 14.1. The summed E-state index contributed by atoms with van der Waals surface area (Å²) in [7, 11) is 3.47. The lowest BCUT2D eigenvalue weighted by molar-refractivity contribution is -0.127. The Bertz CT molecular complexity index is 681. The lowest BCUT2D eigenvalue weighted by Crippen LogP contribution is -2.23. The van der Waals surface area contributed by atoms with Crippen LogP contribution in [0.25, 0.3) is 0 Å². The van der Waals surface area contributed by atoms with E-state index in [-0.39, 0.29) is 11.8 Å². The van der Waals surface area contributed by atoms with Gasteiger partial charge in [0.25, 0.3) is 5.91 Å². The third kappa shape index (κ3) is 4.56. The molecule has 0 heterocycles.